The van der Waals surface area contributed by atoms with Crippen LogP contribution in [0.3, 0.4) is 0 Å². The van der Waals surface area contributed by atoms with Gasteiger partial charge in [-0.05, 0) is 41.5 Å². The molecule has 3 heterocycles. The molecule has 0 bridgehead atoms. The normalized spacial score (nSPS) is 15.9. The number of hydrogen-bond acceptors (Lipinski definition) is 6. The van der Waals surface area contributed by atoms with Gasteiger partial charge >= 0.3 is 0 Å². The minimum Gasteiger partial charge on any atom is -0.503 e. The first-order valence-corrected chi connectivity index (χ1v) is 9.65. The number of ketones is 1. The van der Waals surface area contributed by atoms with E-state index in [0.717, 1.165) is 5.56 Å². The third-order valence-corrected chi connectivity index (χ3v) is 4.93. The number of furan rings is 1. The van der Waals surface area contributed by atoms with E-state index in [9.17, 15) is 14.7 Å². The topological polar surface area (TPSA) is 92.9 Å². The van der Waals surface area contributed by atoms with Gasteiger partial charge in [-0.25, -0.2) is 0 Å². The number of rotatable bonds is 8. The fourth-order valence-electron chi connectivity index (χ4n) is 3.53. The zero-order valence-electron chi connectivity index (χ0n) is 16.6. The van der Waals surface area contributed by atoms with Gasteiger partial charge in [0.05, 0.1) is 17.9 Å². The summed E-state index contributed by atoms with van der Waals surface area (Å²) in [5, 5.41) is 10.7. The summed E-state index contributed by atoms with van der Waals surface area (Å²) < 4.78 is 10.7. The van der Waals surface area contributed by atoms with Crippen LogP contribution < -0.4 is 4.74 Å². The maximum absolute atomic E-state index is 13.1. The van der Waals surface area contributed by atoms with E-state index in [4.69, 9.17) is 9.15 Å². The molecule has 1 aliphatic heterocycles. The molecule has 1 N–H and O–H groups in total. The van der Waals surface area contributed by atoms with E-state index < -0.39 is 23.5 Å². The number of Topliss-reactive ketones (excluding diaryl/α,β-unsaturated/α-hetero) is 1. The van der Waals surface area contributed by atoms with Gasteiger partial charge < -0.3 is 19.2 Å². The standard InChI is InChI=1S/C24H20N2O5/c1-2-12-30-18-9-7-17(8-10-18)21-20(22(27)19-6-4-13-31-19)23(28)24(29)26(21)15-16-5-3-11-25-14-16/h2-11,13-14,21,28H,1,12,15H2/t21-/m0/s1. The lowest BCUT2D eigenvalue weighted by atomic mass is 9.95. The molecular formula is C24H20N2O5. The molecule has 3 aromatic rings. The Morgan fingerprint density at radius 1 is 1.23 bits per heavy atom. The summed E-state index contributed by atoms with van der Waals surface area (Å²) in [5.41, 5.74) is 1.40. The Bertz CT molecular complexity index is 1120. The fourth-order valence-corrected chi connectivity index (χ4v) is 3.53. The van der Waals surface area contributed by atoms with E-state index in [-0.39, 0.29) is 17.9 Å². The van der Waals surface area contributed by atoms with Gasteiger partial charge in [-0.1, -0.05) is 30.9 Å². The van der Waals surface area contributed by atoms with Crippen molar-refractivity contribution >= 4 is 11.7 Å². The second-order valence-corrected chi connectivity index (χ2v) is 6.93. The molecule has 0 saturated heterocycles. The Morgan fingerprint density at radius 3 is 2.68 bits per heavy atom. The Morgan fingerprint density at radius 2 is 2.03 bits per heavy atom. The van der Waals surface area contributed by atoms with Gasteiger partial charge in [-0.2, -0.15) is 0 Å². The van der Waals surface area contributed by atoms with Crippen molar-refractivity contribution in [2.45, 2.75) is 12.6 Å². The molecule has 156 valence electrons. The monoisotopic (exact) mass is 416 g/mol. The lowest BCUT2D eigenvalue weighted by Crippen LogP contribution is -2.30. The number of amides is 1. The van der Waals surface area contributed by atoms with Crippen LogP contribution in [0.2, 0.25) is 0 Å². The van der Waals surface area contributed by atoms with Crippen LogP contribution >= 0.6 is 0 Å². The van der Waals surface area contributed by atoms with Gasteiger partial charge in [0.2, 0.25) is 5.78 Å². The minimum absolute atomic E-state index is 0.0244. The van der Waals surface area contributed by atoms with Gasteiger partial charge in [0.25, 0.3) is 5.91 Å². The highest BCUT2D eigenvalue weighted by atomic mass is 16.5. The number of carbonyl (C=O) groups is 2. The minimum atomic E-state index is -0.793. The Labute approximate surface area is 178 Å². The molecule has 0 saturated carbocycles. The van der Waals surface area contributed by atoms with Crippen LogP contribution in [0.1, 0.15) is 27.7 Å². The maximum Gasteiger partial charge on any atom is 0.290 e. The largest absolute Gasteiger partial charge is 0.503 e. The Balaban J connectivity index is 1.74. The van der Waals surface area contributed by atoms with Crippen molar-refractivity contribution in [1.82, 2.24) is 9.88 Å². The third kappa shape index (κ3) is 3.98. The first-order valence-electron chi connectivity index (χ1n) is 9.65. The number of pyridine rings is 1. The summed E-state index contributed by atoms with van der Waals surface area (Å²) in [6, 6.07) is 12.9. The van der Waals surface area contributed by atoms with Crippen LogP contribution in [0.25, 0.3) is 0 Å². The number of aliphatic hydroxyl groups is 1. The number of benzene rings is 1. The fraction of sp³-hybridized carbons (Fsp3) is 0.125. The molecular weight excluding hydrogens is 396 g/mol. The van der Waals surface area contributed by atoms with Gasteiger partial charge in [0.15, 0.2) is 11.5 Å². The molecule has 0 spiro atoms. The summed E-state index contributed by atoms with van der Waals surface area (Å²) in [4.78, 5) is 31.6. The van der Waals surface area contributed by atoms with Crippen LogP contribution in [-0.2, 0) is 11.3 Å². The zero-order valence-corrected chi connectivity index (χ0v) is 16.6. The van der Waals surface area contributed by atoms with Crippen molar-refractivity contribution in [3.63, 3.8) is 0 Å². The van der Waals surface area contributed by atoms with Crippen molar-refractivity contribution in [1.29, 1.82) is 0 Å². The molecule has 2 aromatic heterocycles. The molecule has 31 heavy (non-hydrogen) atoms. The summed E-state index contributed by atoms with van der Waals surface area (Å²) in [6.45, 7) is 4.15. The molecule has 7 heteroatoms. The molecule has 0 fully saturated rings. The molecule has 1 aliphatic rings. The summed E-state index contributed by atoms with van der Waals surface area (Å²) >= 11 is 0. The van der Waals surface area contributed by atoms with Crippen LogP contribution in [0.5, 0.6) is 5.75 Å². The average molecular weight is 416 g/mol. The van der Waals surface area contributed by atoms with Gasteiger partial charge in [0.1, 0.15) is 12.4 Å². The molecule has 4 rings (SSSR count). The maximum atomic E-state index is 13.1. The molecule has 1 aromatic carbocycles. The number of ether oxygens (including phenoxy) is 1. The Hall–Kier alpha value is -4.13. The highest BCUT2D eigenvalue weighted by Crippen LogP contribution is 2.40. The number of aliphatic hydroxyl groups excluding tert-OH is 1. The average Bonchev–Trinajstić information content (AvgIpc) is 3.42. The highest BCUT2D eigenvalue weighted by molar-refractivity contribution is 6.14. The number of hydrogen-bond donors (Lipinski definition) is 1. The van der Waals surface area contributed by atoms with E-state index in [0.29, 0.717) is 17.9 Å². The molecule has 0 unspecified atom stereocenters. The second kappa shape index (κ2) is 8.71. The summed E-state index contributed by atoms with van der Waals surface area (Å²) in [6.07, 6.45) is 6.28. The van der Waals surface area contributed by atoms with Gasteiger partial charge in [0, 0.05) is 18.9 Å². The molecule has 0 aliphatic carbocycles. The van der Waals surface area contributed by atoms with Crippen molar-refractivity contribution in [2.75, 3.05) is 6.61 Å². The summed E-state index contributed by atoms with van der Waals surface area (Å²) in [5.74, 6) is -1.08. The van der Waals surface area contributed by atoms with Crippen LogP contribution in [-0.4, -0.2) is 33.3 Å². The van der Waals surface area contributed by atoms with E-state index >= 15 is 0 Å². The van der Waals surface area contributed by atoms with E-state index in [1.54, 1.807) is 54.9 Å². The molecule has 1 amide bonds. The Kier molecular flexibility index (Phi) is 5.66. The van der Waals surface area contributed by atoms with E-state index in [1.165, 1.54) is 17.2 Å². The molecule has 7 nitrogen and oxygen atoms in total. The SMILES string of the molecule is C=CCOc1ccc([C@H]2C(C(=O)c3ccco3)=C(O)C(=O)N2Cc2cccnc2)cc1. The number of aromatic nitrogens is 1. The quantitative estimate of drug-likeness (QED) is 0.440. The van der Waals surface area contributed by atoms with Crippen LogP contribution in [0.15, 0.2) is 95.6 Å². The zero-order chi connectivity index (χ0) is 21.8. The van der Waals surface area contributed by atoms with Gasteiger partial charge in [-0.15, -0.1) is 0 Å². The predicted molar refractivity (Wildman–Crippen MR) is 112 cm³/mol. The number of carbonyl (C=O) groups excluding carboxylic acids is 2. The second-order valence-electron chi connectivity index (χ2n) is 6.93. The first kappa shape index (κ1) is 20.2. The lowest BCUT2D eigenvalue weighted by Gasteiger charge is -2.26. The lowest BCUT2D eigenvalue weighted by molar-refractivity contribution is -0.130. The number of nitrogens with zero attached hydrogens (tertiary/aromatic N) is 2. The van der Waals surface area contributed by atoms with Crippen LogP contribution in [0, 0.1) is 0 Å². The molecule has 0 radical (unpaired) electrons. The van der Waals surface area contributed by atoms with Crippen molar-refractivity contribution in [3.8, 4) is 5.75 Å². The van der Waals surface area contributed by atoms with Crippen LogP contribution in [0.4, 0.5) is 0 Å². The predicted octanol–water partition coefficient (Wildman–Crippen LogP) is 4.02. The third-order valence-electron chi connectivity index (χ3n) is 4.93. The van der Waals surface area contributed by atoms with E-state index in [1.807, 2.05) is 6.07 Å². The van der Waals surface area contributed by atoms with E-state index in [2.05, 4.69) is 11.6 Å². The highest BCUT2D eigenvalue weighted by Gasteiger charge is 2.44. The van der Waals surface area contributed by atoms with Crippen molar-refractivity contribution < 1.29 is 23.8 Å². The smallest absolute Gasteiger partial charge is 0.290 e. The van der Waals surface area contributed by atoms with Crippen molar-refractivity contribution in [3.05, 3.63) is 108 Å². The van der Waals surface area contributed by atoms with Crippen molar-refractivity contribution in [2.24, 2.45) is 0 Å². The van der Waals surface area contributed by atoms with Gasteiger partial charge in [-0.3, -0.25) is 14.6 Å². The summed E-state index contributed by atoms with van der Waals surface area (Å²) in [7, 11) is 0. The molecule has 1 atom stereocenters. The first-order chi connectivity index (χ1) is 15.1.